The number of hydrogen-bond acceptors (Lipinski definition) is 8. The van der Waals surface area contributed by atoms with Crippen LogP contribution < -0.4 is 21.3 Å². The van der Waals surface area contributed by atoms with Gasteiger partial charge in [-0.25, -0.2) is 4.99 Å². The van der Waals surface area contributed by atoms with Crippen molar-refractivity contribution in [1.82, 2.24) is 0 Å². The molecule has 2 atom stereocenters. The molecule has 3 rings (SSSR count). The fourth-order valence-corrected chi connectivity index (χ4v) is 3.24. The van der Waals surface area contributed by atoms with E-state index in [4.69, 9.17) is 26.4 Å². The molecule has 0 radical (unpaired) electrons. The van der Waals surface area contributed by atoms with Gasteiger partial charge in [-0.2, -0.15) is 0 Å². The van der Waals surface area contributed by atoms with Crippen LogP contribution in [0.15, 0.2) is 65.7 Å². The van der Waals surface area contributed by atoms with Crippen LogP contribution in [-0.2, 0) is 4.74 Å². The van der Waals surface area contributed by atoms with Gasteiger partial charge in [-0.3, -0.25) is 0 Å². The van der Waals surface area contributed by atoms with Crippen molar-refractivity contribution in [3.8, 4) is 0 Å². The van der Waals surface area contributed by atoms with Gasteiger partial charge in [0.25, 0.3) is 6.02 Å². The number of aliphatic hydroxyl groups excluding tert-OH is 2. The van der Waals surface area contributed by atoms with E-state index in [0.717, 1.165) is 32.4 Å². The second-order valence-electron chi connectivity index (χ2n) is 7.12. The van der Waals surface area contributed by atoms with Gasteiger partial charge in [-0.1, -0.05) is 36.4 Å². The summed E-state index contributed by atoms with van der Waals surface area (Å²) in [5.74, 6) is 0. The molecule has 1 heterocycles. The van der Waals surface area contributed by atoms with Gasteiger partial charge < -0.3 is 36.2 Å². The van der Waals surface area contributed by atoms with Crippen LogP contribution in [0.25, 0.3) is 0 Å². The van der Waals surface area contributed by atoms with Gasteiger partial charge in [-0.15, -0.1) is 0 Å². The zero-order valence-corrected chi connectivity index (χ0v) is 19.5. The molecule has 8 nitrogen and oxygen atoms in total. The first kappa shape index (κ1) is 27.2. The van der Waals surface area contributed by atoms with E-state index in [1.54, 1.807) is 0 Å². The van der Waals surface area contributed by atoms with Crippen molar-refractivity contribution >= 4 is 17.4 Å². The Morgan fingerprint density at radius 1 is 0.969 bits per heavy atom. The third-order valence-corrected chi connectivity index (χ3v) is 4.86. The highest BCUT2D eigenvalue weighted by Gasteiger charge is 2.19. The first-order chi connectivity index (χ1) is 15.6. The van der Waals surface area contributed by atoms with E-state index >= 15 is 0 Å². The smallest absolute Gasteiger partial charge is 0.282 e. The first-order valence-corrected chi connectivity index (χ1v) is 10.9. The van der Waals surface area contributed by atoms with Crippen LogP contribution in [0, 0.1) is 0 Å². The summed E-state index contributed by atoms with van der Waals surface area (Å²) in [7, 11) is 1.00. The highest BCUT2D eigenvalue weighted by Crippen LogP contribution is 2.15. The lowest BCUT2D eigenvalue weighted by atomic mass is 10.2. The number of nitrogens with two attached hydrogens (primary N) is 2. The van der Waals surface area contributed by atoms with Gasteiger partial charge in [-0.05, 0) is 38.1 Å². The van der Waals surface area contributed by atoms with E-state index in [0.29, 0.717) is 19.2 Å². The monoisotopic (exact) mass is 445 g/mol. The highest BCUT2D eigenvalue weighted by atomic mass is 16.5. The summed E-state index contributed by atoms with van der Waals surface area (Å²) >= 11 is 0. The Bertz CT molecular complexity index is 746. The average Bonchev–Trinajstić information content (AvgIpc) is 3.28. The van der Waals surface area contributed by atoms with E-state index in [1.807, 2.05) is 48.5 Å². The van der Waals surface area contributed by atoms with Crippen LogP contribution in [0.4, 0.5) is 11.4 Å². The molecule has 0 aliphatic carbocycles. The molecule has 6 N–H and O–H groups in total. The molecular formula is C24H39N5O3. The number of aliphatic imine (C=N–C) groups is 1. The summed E-state index contributed by atoms with van der Waals surface area (Å²) in [6.45, 7) is 8.23. The molecule has 0 unspecified atom stereocenters. The fraction of sp³-hybridized carbons (Fsp3) is 0.458. The number of hydrogen-bond donors (Lipinski definition) is 4. The van der Waals surface area contributed by atoms with Gasteiger partial charge >= 0.3 is 0 Å². The van der Waals surface area contributed by atoms with Crippen LogP contribution >= 0.6 is 0 Å². The lowest BCUT2D eigenvalue weighted by Gasteiger charge is -2.25. The fourth-order valence-electron chi connectivity index (χ4n) is 3.24. The standard InChI is InChI=1S/C12H17N3O.C11H18N2O.CH4O/c1-2-15(11-6-4-3-5-7-11)8-10-9-16-12(13)14-10;1-2-13(8-10(12)9-14)11-6-4-3-5-7-11;1-2/h3-7,10H,2,8-9H2,1H3,(H2,13,14);3-7,10,14H,2,8-9,12H2,1H3;2H,1H3/t2*10-;/m00./s1. The molecule has 32 heavy (non-hydrogen) atoms. The van der Waals surface area contributed by atoms with E-state index in [1.165, 1.54) is 5.69 Å². The first-order valence-electron chi connectivity index (χ1n) is 10.9. The van der Waals surface area contributed by atoms with Crippen molar-refractivity contribution in [3.63, 3.8) is 0 Å². The van der Waals surface area contributed by atoms with Gasteiger partial charge in [0, 0.05) is 50.7 Å². The Labute approximate surface area is 192 Å². The molecule has 1 aliphatic heterocycles. The summed E-state index contributed by atoms with van der Waals surface area (Å²) in [5, 5.41) is 15.9. The Morgan fingerprint density at radius 2 is 1.47 bits per heavy atom. The second kappa shape index (κ2) is 15.9. The van der Waals surface area contributed by atoms with Gasteiger partial charge in [0.1, 0.15) is 12.6 Å². The van der Waals surface area contributed by atoms with Crippen molar-refractivity contribution < 1.29 is 14.9 Å². The lowest BCUT2D eigenvalue weighted by Crippen LogP contribution is -2.39. The molecule has 0 saturated heterocycles. The Hall–Kier alpha value is -2.81. The molecule has 0 fully saturated rings. The SMILES string of the molecule is CCN(C[C@H](N)CO)c1ccccc1.CCN(C[C@H]1COC(N)=N1)c1ccccc1.CO. The molecule has 0 amide bonds. The normalized spacial score (nSPS) is 15.2. The summed E-state index contributed by atoms with van der Waals surface area (Å²) in [6, 6.07) is 20.7. The zero-order chi connectivity index (χ0) is 23.8. The van der Waals surface area contributed by atoms with Crippen LogP contribution in [0.3, 0.4) is 0 Å². The predicted molar refractivity (Wildman–Crippen MR) is 133 cm³/mol. The number of nitrogens with zero attached hydrogens (tertiary/aromatic N) is 3. The number of likely N-dealkylation sites (N-methyl/N-ethyl adjacent to an activating group) is 2. The van der Waals surface area contributed by atoms with Gasteiger partial charge in [0.05, 0.1) is 6.61 Å². The molecule has 0 aromatic heterocycles. The van der Waals surface area contributed by atoms with E-state index in [-0.39, 0.29) is 18.7 Å². The largest absolute Gasteiger partial charge is 0.463 e. The number of para-hydroxylation sites is 2. The predicted octanol–water partition coefficient (Wildman–Crippen LogP) is 1.67. The molecule has 8 heteroatoms. The van der Waals surface area contributed by atoms with Crippen LogP contribution in [-0.4, -0.2) is 74.8 Å². The molecule has 178 valence electrons. The van der Waals surface area contributed by atoms with Crippen molar-refractivity contribution in [2.24, 2.45) is 16.5 Å². The van der Waals surface area contributed by atoms with Crippen LogP contribution in [0.2, 0.25) is 0 Å². The number of benzene rings is 2. The minimum atomic E-state index is -0.171. The third kappa shape index (κ3) is 9.55. The number of ether oxygens (including phenoxy) is 1. The molecule has 2 aromatic rings. The van der Waals surface area contributed by atoms with Crippen molar-refractivity contribution in [3.05, 3.63) is 60.7 Å². The van der Waals surface area contributed by atoms with Crippen molar-refractivity contribution in [1.29, 1.82) is 0 Å². The van der Waals surface area contributed by atoms with E-state index < -0.39 is 0 Å². The molecule has 0 bridgehead atoms. The Morgan fingerprint density at radius 3 is 1.88 bits per heavy atom. The lowest BCUT2D eigenvalue weighted by molar-refractivity contribution is 0.267. The number of rotatable bonds is 9. The van der Waals surface area contributed by atoms with Gasteiger partial charge in [0.15, 0.2) is 0 Å². The maximum Gasteiger partial charge on any atom is 0.282 e. The van der Waals surface area contributed by atoms with Crippen LogP contribution in [0.5, 0.6) is 0 Å². The number of anilines is 2. The minimum Gasteiger partial charge on any atom is -0.463 e. The number of aliphatic hydroxyl groups is 2. The topological polar surface area (TPSA) is 121 Å². The quantitative estimate of drug-likeness (QED) is 0.463. The maximum absolute atomic E-state index is 8.87. The molecular weight excluding hydrogens is 406 g/mol. The van der Waals surface area contributed by atoms with Crippen molar-refractivity contribution in [2.75, 3.05) is 56.3 Å². The summed E-state index contributed by atoms with van der Waals surface area (Å²) in [5.41, 5.74) is 13.6. The molecule has 0 saturated carbocycles. The molecule has 0 spiro atoms. The van der Waals surface area contributed by atoms with E-state index in [2.05, 4.69) is 40.8 Å². The summed E-state index contributed by atoms with van der Waals surface area (Å²) < 4.78 is 5.15. The zero-order valence-electron chi connectivity index (χ0n) is 19.5. The van der Waals surface area contributed by atoms with Crippen LogP contribution in [0.1, 0.15) is 13.8 Å². The summed E-state index contributed by atoms with van der Waals surface area (Å²) in [6.07, 6.45) is 0. The average molecular weight is 446 g/mol. The Kier molecular flexibility index (Phi) is 13.5. The second-order valence-corrected chi connectivity index (χ2v) is 7.12. The van der Waals surface area contributed by atoms with Crippen molar-refractivity contribution in [2.45, 2.75) is 25.9 Å². The third-order valence-electron chi connectivity index (χ3n) is 4.86. The molecule has 2 aromatic carbocycles. The summed E-state index contributed by atoms with van der Waals surface area (Å²) in [4.78, 5) is 8.66. The maximum atomic E-state index is 8.87. The van der Waals surface area contributed by atoms with E-state index in [9.17, 15) is 0 Å². The minimum absolute atomic E-state index is 0.0311. The molecule has 1 aliphatic rings. The highest BCUT2D eigenvalue weighted by molar-refractivity contribution is 5.73. The van der Waals surface area contributed by atoms with Gasteiger partial charge in [0.2, 0.25) is 0 Å². The number of amidine groups is 1. The Balaban J connectivity index is 0.000000300.